The van der Waals surface area contributed by atoms with Crippen molar-refractivity contribution in [3.05, 3.63) is 180 Å². The smallest absolute Gasteiger partial charge is 0.136 e. The van der Waals surface area contributed by atoms with Gasteiger partial charge in [-0.05, 0) is 79.5 Å². The lowest BCUT2D eigenvalue weighted by Crippen LogP contribution is -2.28. The third-order valence-corrected chi connectivity index (χ3v) is 9.13. The molecule has 1 heteroatoms. The van der Waals surface area contributed by atoms with E-state index in [2.05, 4.69) is 146 Å². The van der Waals surface area contributed by atoms with Crippen molar-refractivity contribution in [2.45, 2.75) is 5.41 Å². The lowest BCUT2D eigenvalue weighted by molar-refractivity contribution is 0.669. The minimum Gasteiger partial charge on any atom is -0.456 e. The number of benzene rings is 7. The molecule has 0 saturated carbocycles. The van der Waals surface area contributed by atoms with Crippen LogP contribution in [0, 0.1) is 0 Å². The maximum absolute atomic E-state index is 6.37. The maximum Gasteiger partial charge on any atom is 0.136 e. The van der Waals surface area contributed by atoms with Crippen LogP contribution in [0.1, 0.15) is 22.3 Å². The molecule has 9 rings (SSSR count). The fourth-order valence-electron chi connectivity index (χ4n) is 7.44. The van der Waals surface area contributed by atoms with E-state index in [0.717, 1.165) is 27.5 Å². The van der Waals surface area contributed by atoms with Crippen LogP contribution in [-0.2, 0) is 5.41 Å². The molecule has 1 heterocycles. The second-order valence-electron chi connectivity index (χ2n) is 11.2. The van der Waals surface area contributed by atoms with E-state index in [0.29, 0.717) is 0 Å². The highest BCUT2D eigenvalue weighted by atomic mass is 16.3. The van der Waals surface area contributed by atoms with E-state index in [1.165, 1.54) is 49.7 Å². The zero-order valence-corrected chi connectivity index (χ0v) is 22.9. The Kier molecular flexibility index (Phi) is 4.88. The number of furan rings is 1. The van der Waals surface area contributed by atoms with Crippen molar-refractivity contribution >= 4 is 32.7 Å². The zero-order valence-electron chi connectivity index (χ0n) is 22.9. The van der Waals surface area contributed by atoms with Gasteiger partial charge in [-0.25, -0.2) is 0 Å². The number of rotatable bonds is 3. The van der Waals surface area contributed by atoms with Gasteiger partial charge in [0.1, 0.15) is 11.2 Å². The van der Waals surface area contributed by atoms with E-state index in [4.69, 9.17) is 4.42 Å². The predicted octanol–water partition coefficient (Wildman–Crippen LogP) is 10.8. The number of hydrogen-bond acceptors (Lipinski definition) is 1. The van der Waals surface area contributed by atoms with Crippen LogP contribution in [0.25, 0.3) is 55.0 Å². The Morgan fingerprint density at radius 3 is 1.83 bits per heavy atom. The maximum atomic E-state index is 6.37. The Hall–Kier alpha value is -5.40. The van der Waals surface area contributed by atoms with Crippen LogP contribution in [0.2, 0.25) is 0 Å². The normalized spacial score (nSPS) is 13.4. The molecule has 0 fully saturated rings. The summed E-state index contributed by atoms with van der Waals surface area (Å²) in [5.41, 5.74) is 11.6. The molecule has 0 saturated heterocycles. The Bertz CT molecular complexity index is 2250. The molecule has 1 nitrogen and oxygen atoms in total. The molecule has 1 aliphatic rings. The van der Waals surface area contributed by atoms with Gasteiger partial charge in [0.2, 0.25) is 0 Å². The Labute approximate surface area is 244 Å². The van der Waals surface area contributed by atoms with Crippen molar-refractivity contribution in [3.8, 4) is 22.3 Å². The predicted molar refractivity (Wildman–Crippen MR) is 174 cm³/mol. The standard InChI is InChI=1S/C41H26O/c1-3-14-29(15-4-1)41(30-16-5-2-6-17-30)36-21-11-9-20-34(36)39-35(25-27-13-7-8-18-31(27)40(39)41)28-23-24-33-32-19-10-12-22-37(32)42-38(33)26-28/h1-26H. The van der Waals surface area contributed by atoms with Gasteiger partial charge in [-0.15, -0.1) is 0 Å². The molecule has 0 amide bonds. The van der Waals surface area contributed by atoms with Crippen molar-refractivity contribution in [1.82, 2.24) is 0 Å². The molecule has 1 aromatic heterocycles. The third-order valence-electron chi connectivity index (χ3n) is 9.13. The number of para-hydroxylation sites is 1. The largest absolute Gasteiger partial charge is 0.456 e. The van der Waals surface area contributed by atoms with Crippen LogP contribution < -0.4 is 0 Å². The molecule has 0 radical (unpaired) electrons. The molecule has 42 heavy (non-hydrogen) atoms. The Balaban J connectivity index is 1.46. The van der Waals surface area contributed by atoms with Crippen molar-refractivity contribution in [2.24, 2.45) is 0 Å². The van der Waals surface area contributed by atoms with Crippen LogP contribution in [0.4, 0.5) is 0 Å². The van der Waals surface area contributed by atoms with Crippen molar-refractivity contribution < 1.29 is 4.42 Å². The molecule has 0 spiro atoms. The summed E-state index contributed by atoms with van der Waals surface area (Å²) >= 11 is 0. The first-order valence-electron chi connectivity index (χ1n) is 14.5. The van der Waals surface area contributed by atoms with Gasteiger partial charge >= 0.3 is 0 Å². The van der Waals surface area contributed by atoms with Crippen LogP contribution in [0.3, 0.4) is 0 Å². The zero-order chi connectivity index (χ0) is 27.7. The minimum atomic E-state index is -0.465. The highest BCUT2D eigenvalue weighted by Gasteiger charge is 2.48. The van der Waals surface area contributed by atoms with E-state index in [9.17, 15) is 0 Å². The SMILES string of the molecule is c1ccc(C2(c3ccccc3)c3ccccc3-c3c(-c4ccc5c(c4)oc4ccccc45)cc4ccccc4c32)cc1. The van der Waals surface area contributed by atoms with Crippen LogP contribution in [-0.4, -0.2) is 0 Å². The third kappa shape index (κ3) is 3.08. The van der Waals surface area contributed by atoms with Gasteiger partial charge < -0.3 is 4.42 Å². The van der Waals surface area contributed by atoms with E-state index < -0.39 is 5.41 Å². The minimum absolute atomic E-state index is 0.465. The lowest BCUT2D eigenvalue weighted by atomic mass is 9.66. The second-order valence-corrected chi connectivity index (χ2v) is 11.2. The lowest BCUT2D eigenvalue weighted by Gasteiger charge is -2.35. The summed E-state index contributed by atoms with van der Waals surface area (Å²) in [6.45, 7) is 0. The summed E-state index contributed by atoms with van der Waals surface area (Å²) in [5, 5.41) is 4.82. The monoisotopic (exact) mass is 534 g/mol. The molecular formula is C41H26O. The van der Waals surface area contributed by atoms with E-state index in [1.54, 1.807) is 0 Å². The highest BCUT2D eigenvalue weighted by molar-refractivity contribution is 6.09. The van der Waals surface area contributed by atoms with Crippen LogP contribution >= 0.6 is 0 Å². The first-order chi connectivity index (χ1) is 20.8. The number of hydrogen-bond donors (Lipinski definition) is 0. The fourth-order valence-corrected chi connectivity index (χ4v) is 7.44. The molecule has 0 bridgehead atoms. The first kappa shape index (κ1) is 23.3. The van der Waals surface area contributed by atoms with Gasteiger partial charge in [0.25, 0.3) is 0 Å². The van der Waals surface area contributed by atoms with Gasteiger partial charge in [0, 0.05) is 10.8 Å². The van der Waals surface area contributed by atoms with E-state index in [1.807, 2.05) is 12.1 Å². The van der Waals surface area contributed by atoms with Gasteiger partial charge in [-0.2, -0.15) is 0 Å². The molecule has 196 valence electrons. The topological polar surface area (TPSA) is 13.1 Å². The quantitative estimate of drug-likeness (QED) is 0.220. The second kappa shape index (κ2) is 8.80. The number of fused-ring (bicyclic) bond motifs is 8. The molecule has 0 aliphatic heterocycles. The van der Waals surface area contributed by atoms with Gasteiger partial charge in [0.05, 0.1) is 5.41 Å². The van der Waals surface area contributed by atoms with Gasteiger partial charge in [-0.1, -0.05) is 133 Å². The van der Waals surface area contributed by atoms with Gasteiger partial charge in [-0.3, -0.25) is 0 Å². The summed E-state index contributed by atoms with van der Waals surface area (Å²) < 4.78 is 6.37. The Morgan fingerprint density at radius 2 is 1.05 bits per heavy atom. The summed E-state index contributed by atoms with van der Waals surface area (Å²) in [5.74, 6) is 0. The molecule has 7 aromatic carbocycles. The van der Waals surface area contributed by atoms with E-state index in [-0.39, 0.29) is 0 Å². The average molecular weight is 535 g/mol. The average Bonchev–Trinajstić information content (AvgIpc) is 3.59. The molecule has 0 unspecified atom stereocenters. The van der Waals surface area contributed by atoms with E-state index >= 15 is 0 Å². The van der Waals surface area contributed by atoms with Crippen molar-refractivity contribution in [3.63, 3.8) is 0 Å². The van der Waals surface area contributed by atoms with Gasteiger partial charge in [0.15, 0.2) is 0 Å². The summed E-state index contributed by atoms with van der Waals surface area (Å²) in [6.07, 6.45) is 0. The molecule has 1 aliphatic carbocycles. The molecule has 0 N–H and O–H groups in total. The first-order valence-corrected chi connectivity index (χ1v) is 14.5. The fraction of sp³-hybridized carbons (Fsp3) is 0.0244. The van der Waals surface area contributed by atoms with Crippen molar-refractivity contribution in [1.29, 1.82) is 0 Å². The Morgan fingerprint density at radius 1 is 0.429 bits per heavy atom. The van der Waals surface area contributed by atoms with Crippen LogP contribution in [0.15, 0.2) is 162 Å². The molecule has 8 aromatic rings. The summed E-state index contributed by atoms with van der Waals surface area (Å²) in [7, 11) is 0. The van der Waals surface area contributed by atoms with Crippen LogP contribution in [0.5, 0.6) is 0 Å². The summed E-state index contributed by atoms with van der Waals surface area (Å²) in [4.78, 5) is 0. The highest BCUT2D eigenvalue weighted by Crippen LogP contribution is 2.60. The molecule has 0 atom stereocenters. The van der Waals surface area contributed by atoms with Crippen molar-refractivity contribution in [2.75, 3.05) is 0 Å². The summed E-state index contributed by atoms with van der Waals surface area (Å²) in [6, 6.07) is 57.3. The molecular weight excluding hydrogens is 508 g/mol.